The fraction of sp³-hybridized carbons (Fsp3) is 0.909. The lowest BCUT2D eigenvalue weighted by atomic mass is 9.81. The van der Waals surface area contributed by atoms with Crippen molar-refractivity contribution in [2.45, 2.75) is 39.5 Å². The molecule has 0 spiro atoms. The molecule has 1 atom stereocenters. The van der Waals surface area contributed by atoms with Gasteiger partial charge in [-0.25, -0.2) is 0 Å². The molecule has 0 aromatic carbocycles. The number of hydrogen-bond acceptors (Lipinski definition) is 1. The Labute approximate surface area is 95.0 Å². The first-order valence-electron chi connectivity index (χ1n) is 5.41. The second kappa shape index (κ2) is 5.15. The van der Waals surface area contributed by atoms with Crippen LogP contribution in [-0.4, -0.2) is 17.8 Å². The predicted molar refractivity (Wildman–Crippen MR) is 62.5 cm³/mol. The van der Waals surface area contributed by atoms with E-state index in [-0.39, 0.29) is 17.2 Å². The van der Waals surface area contributed by atoms with Crippen molar-refractivity contribution in [1.82, 2.24) is 5.32 Å². The van der Waals surface area contributed by atoms with E-state index in [1.165, 1.54) is 12.8 Å². The fourth-order valence-corrected chi connectivity index (χ4v) is 2.49. The van der Waals surface area contributed by atoms with Gasteiger partial charge in [0.1, 0.15) is 0 Å². The Morgan fingerprint density at radius 3 is 2.79 bits per heavy atom. The largest absolute Gasteiger partial charge is 0.356 e. The van der Waals surface area contributed by atoms with Crippen molar-refractivity contribution < 1.29 is 4.79 Å². The lowest BCUT2D eigenvalue weighted by Crippen LogP contribution is -2.36. The first kappa shape index (κ1) is 12.0. The van der Waals surface area contributed by atoms with Crippen molar-refractivity contribution >= 4 is 21.8 Å². The maximum Gasteiger partial charge on any atom is 0.223 e. The zero-order valence-corrected chi connectivity index (χ0v) is 10.7. The van der Waals surface area contributed by atoms with Crippen LogP contribution in [0.1, 0.15) is 39.5 Å². The van der Waals surface area contributed by atoms with Crippen LogP contribution in [0.2, 0.25) is 0 Å². The Kier molecular flexibility index (Phi) is 4.42. The molecule has 1 aliphatic carbocycles. The molecule has 0 bridgehead atoms. The van der Waals surface area contributed by atoms with Gasteiger partial charge in [-0.3, -0.25) is 4.79 Å². The summed E-state index contributed by atoms with van der Waals surface area (Å²) in [4.78, 5) is 11.8. The minimum absolute atomic E-state index is 0.207. The zero-order chi connectivity index (χ0) is 10.6. The smallest absolute Gasteiger partial charge is 0.223 e. The molecule has 1 aliphatic rings. The van der Waals surface area contributed by atoms with Gasteiger partial charge in [0.15, 0.2) is 0 Å². The van der Waals surface area contributed by atoms with Gasteiger partial charge in [-0.05, 0) is 24.7 Å². The summed E-state index contributed by atoms with van der Waals surface area (Å²) in [5.74, 6) is 0.492. The van der Waals surface area contributed by atoms with Gasteiger partial charge in [-0.1, -0.05) is 36.2 Å². The van der Waals surface area contributed by atoms with Crippen LogP contribution in [0.4, 0.5) is 0 Å². The Morgan fingerprint density at radius 1 is 1.57 bits per heavy atom. The molecule has 82 valence electrons. The summed E-state index contributed by atoms with van der Waals surface area (Å²) < 4.78 is 0. The van der Waals surface area contributed by atoms with Gasteiger partial charge in [0.05, 0.1) is 0 Å². The average Bonchev–Trinajstić information content (AvgIpc) is 2.45. The highest BCUT2D eigenvalue weighted by Crippen LogP contribution is 2.42. The van der Waals surface area contributed by atoms with Crippen LogP contribution in [0.15, 0.2) is 0 Å². The molecular formula is C11H20BrNO. The number of rotatable bonds is 4. The van der Waals surface area contributed by atoms with Crippen molar-refractivity contribution in [3.63, 3.8) is 0 Å². The Bertz CT molecular complexity index is 203. The molecule has 0 saturated heterocycles. The second-order valence-electron chi connectivity index (χ2n) is 4.77. The Hall–Kier alpha value is -0.0500. The highest BCUT2D eigenvalue weighted by atomic mass is 79.9. The van der Waals surface area contributed by atoms with E-state index in [0.29, 0.717) is 0 Å². The fourth-order valence-electron chi connectivity index (χ4n) is 2.21. The molecule has 1 rings (SSSR count). The van der Waals surface area contributed by atoms with E-state index in [2.05, 4.69) is 35.1 Å². The SMILES string of the molecule is CC1(C)CCCC1C(=O)NCCCBr. The standard InChI is InChI=1S/C11H20BrNO/c1-11(2)6-3-5-9(11)10(14)13-8-4-7-12/h9H,3-8H2,1-2H3,(H,13,14). The van der Waals surface area contributed by atoms with Crippen LogP contribution < -0.4 is 5.32 Å². The minimum atomic E-state index is 0.207. The first-order chi connectivity index (χ1) is 6.58. The van der Waals surface area contributed by atoms with Crippen LogP contribution in [0.5, 0.6) is 0 Å². The molecule has 1 saturated carbocycles. The van der Waals surface area contributed by atoms with Crippen LogP contribution >= 0.6 is 15.9 Å². The molecule has 0 radical (unpaired) electrons. The third-order valence-corrected chi connectivity index (χ3v) is 3.74. The van der Waals surface area contributed by atoms with E-state index < -0.39 is 0 Å². The van der Waals surface area contributed by atoms with Crippen LogP contribution in [0.3, 0.4) is 0 Å². The number of halogens is 1. The Morgan fingerprint density at radius 2 is 2.29 bits per heavy atom. The number of alkyl halides is 1. The third-order valence-electron chi connectivity index (χ3n) is 3.18. The van der Waals surface area contributed by atoms with Gasteiger partial charge in [0.2, 0.25) is 5.91 Å². The molecule has 3 heteroatoms. The van der Waals surface area contributed by atoms with Crippen molar-refractivity contribution in [1.29, 1.82) is 0 Å². The summed E-state index contributed by atoms with van der Waals surface area (Å²) in [6.45, 7) is 5.21. The van der Waals surface area contributed by atoms with E-state index in [0.717, 1.165) is 24.7 Å². The highest BCUT2D eigenvalue weighted by molar-refractivity contribution is 9.09. The third kappa shape index (κ3) is 2.97. The molecule has 1 fully saturated rings. The summed E-state index contributed by atoms with van der Waals surface area (Å²) in [7, 11) is 0. The number of hydrogen-bond donors (Lipinski definition) is 1. The van der Waals surface area contributed by atoms with Crippen molar-refractivity contribution in [3.8, 4) is 0 Å². The lowest BCUT2D eigenvalue weighted by molar-refractivity contribution is -0.127. The maximum absolute atomic E-state index is 11.8. The number of carbonyl (C=O) groups excluding carboxylic acids is 1. The van der Waals surface area contributed by atoms with Gasteiger partial charge in [0.25, 0.3) is 0 Å². The second-order valence-corrected chi connectivity index (χ2v) is 5.56. The minimum Gasteiger partial charge on any atom is -0.356 e. The molecule has 0 heterocycles. The lowest BCUT2D eigenvalue weighted by Gasteiger charge is -2.25. The highest BCUT2D eigenvalue weighted by Gasteiger charge is 2.38. The molecule has 1 amide bonds. The predicted octanol–water partition coefficient (Wildman–Crippen LogP) is 2.71. The monoisotopic (exact) mass is 261 g/mol. The summed E-state index contributed by atoms with van der Waals surface area (Å²) >= 11 is 3.35. The van der Waals surface area contributed by atoms with Crippen LogP contribution in [-0.2, 0) is 4.79 Å². The van der Waals surface area contributed by atoms with Crippen LogP contribution in [0, 0.1) is 11.3 Å². The van der Waals surface area contributed by atoms with Gasteiger partial charge >= 0.3 is 0 Å². The van der Waals surface area contributed by atoms with Crippen LogP contribution in [0.25, 0.3) is 0 Å². The number of nitrogens with one attached hydrogen (secondary N) is 1. The number of amides is 1. The number of carbonyl (C=O) groups is 1. The average molecular weight is 262 g/mol. The van der Waals surface area contributed by atoms with Gasteiger partial charge < -0.3 is 5.32 Å². The van der Waals surface area contributed by atoms with E-state index >= 15 is 0 Å². The normalized spacial score (nSPS) is 24.9. The zero-order valence-electron chi connectivity index (χ0n) is 9.11. The van der Waals surface area contributed by atoms with E-state index in [1.807, 2.05) is 0 Å². The topological polar surface area (TPSA) is 29.1 Å². The summed E-state index contributed by atoms with van der Waals surface area (Å²) in [6, 6.07) is 0. The van der Waals surface area contributed by atoms with Crippen molar-refractivity contribution in [2.24, 2.45) is 11.3 Å². The molecule has 0 aliphatic heterocycles. The molecule has 0 aromatic rings. The van der Waals surface area contributed by atoms with Crippen molar-refractivity contribution in [3.05, 3.63) is 0 Å². The Balaban J connectivity index is 2.36. The van der Waals surface area contributed by atoms with E-state index in [1.54, 1.807) is 0 Å². The molecule has 14 heavy (non-hydrogen) atoms. The van der Waals surface area contributed by atoms with E-state index in [4.69, 9.17) is 0 Å². The molecule has 1 unspecified atom stereocenters. The molecular weight excluding hydrogens is 242 g/mol. The summed E-state index contributed by atoms with van der Waals surface area (Å²) in [5, 5.41) is 3.97. The quantitative estimate of drug-likeness (QED) is 0.612. The van der Waals surface area contributed by atoms with Crippen molar-refractivity contribution in [2.75, 3.05) is 11.9 Å². The van der Waals surface area contributed by atoms with Gasteiger partial charge in [-0.15, -0.1) is 0 Å². The van der Waals surface area contributed by atoms with E-state index in [9.17, 15) is 4.79 Å². The molecule has 1 N–H and O–H groups in total. The first-order valence-corrected chi connectivity index (χ1v) is 6.54. The maximum atomic E-state index is 11.8. The summed E-state index contributed by atoms with van der Waals surface area (Å²) in [6.07, 6.45) is 4.46. The molecule has 0 aromatic heterocycles. The molecule has 2 nitrogen and oxygen atoms in total. The van der Waals surface area contributed by atoms with Gasteiger partial charge in [0, 0.05) is 17.8 Å². The summed E-state index contributed by atoms with van der Waals surface area (Å²) in [5.41, 5.74) is 0.207. The van der Waals surface area contributed by atoms with Gasteiger partial charge in [-0.2, -0.15) is 0 Å².